The molecule has 19 heavy (non-hydrogen) atoms. The zero-order valence-corrected chi connectivity index (χ0v) is 13.2. The first-order valence-corrected chi connectivity index (χ1v) is 7.07. The van der Waals surface area contributed by atoms with E-state index >= 15 is 0 Å². The molecule has 1 atom stereocenters. The van der Waals surface area contributed by atoms with Crippen molar-refractivity contribution < 1.29 is 0 Å². The summed E-state index contributed by atoms with van der Waals surface area (Å²) in [6, 6.07) is 2.12. The summed E-state index contributed by atoms with van der Waals surface area (Å²) in [7, 11) is 1.94. The molecule has 6 heteroatoms. The van der Waals surface area contributed by atoms with Crippen molar-refractivity contribution >= 4 is 15.9 Å². The van der Waals surface area contributed by atoms with Gasteiger partial charge in [0.2, 0.25) is 0 Å². The molecule has 2 rings (SSSR count). The maximum atomic E-state index is 4.37. The van der Waals surface area contributed by atoms with Crippen molar-refractivity contribution in [2.24, 2.45) is 0 Å². The molecule has 1 unspecified atom stereocenters. The molecule has 0 bridgehead atoms. The highest BCUT2D eigenvalue weighted by Crippen LogP contribution is 2.29. The van der Waals surface area contributed by atoms with Crippen LogP contribution in [0, 0.1) is 13.8 Å². The molecule has 2 heterocycles. The van der Waals surface area contributed by atoms with E-state index in [0.717, 1.165) is 33.7 Å². The van der Waals surface area contributed by atoms with Crippen LogP contribution in [-0.2, 0) is 6.54 Å². The number of aromatic nitrogens is 4. The fourth-order valence-electron chi connectivity index (χ4n) is 2.21. The van der Waals surface area contributed by atoms with Gasteiger partial charge in [0.25, 0.3) is 0 Å². The van der Waals surface area contributed by atoms with Crippen molar-refractivity contribution in [2.45, 2.75) is 33.4 Å². The van der Waals surface area contributed by atoms with Gasteiger partial charge in [-0.25, -0.2) is 0 Å². The van der Waals surface area contributed by atoms with Crippen LogP contribution in [0.15, 0.2) is 16.7 Å². The summed E-state index contributed by atoms with van der Waals surface area (Å²) in [5.74, 6) is 0. The molecule has 102 valence electrons. The molecule has 1 N–H and O–H groups in total. The van der Waals surface area contributed by atoms with Gasteiger partial charge < -0.3 is 5.32 Å². The summed E-state index contributed by atoms with van der Waals surface area (Å²) >= 11 is 3.58. The van der Waals surface area contributed by atoms with E-state index in [4.69, 9.17) is 0 Å². The second-order valence-electron chi connectivity index (χ2n) is 4.44. The van der Waals surface area contributed by atoms with Gasteiger partial charge in [0.1, 0.15) is 0 Å². The summed E-state index contributed by atoms with van der Waals surface area (Å²) in [6.45, 7) is 6.84. The second-order valence-corrected chi connectivity index (χ2v) is 5.30. The lowest BCUT2D eigenvalue weighted by Crippen LogP contribution is -2.23. The van der Waals surface area contributed by atoms with Crippen LogP contribution in [0.1, 0.15) is 35.6 Å². The van der Waals surface area contributed by atoms with Gasteiger partial charge in [-0.1, -0.05) is 0 Å². The van der Waals surface area contributed by atoms with Gasteiger partial charge in [-0.2, -0.15) is 15.3 Å². The Morgan fingerprint density at radius 1 is 1.37 bits per heavy atom. The number of nitrogens with zero attached hydrogens (tertiary/aromatic N) is 4. The van der Waals surface area contributed by atoms with E-state index in [1.54, 1.807) is 0 Å². The first-order chi connectivity index (χ1) is 9.08. The highest BCUT2D eigenvalue weighted by molar-refractivity contribution is 9.10. The number of hydrogen-bond donors (Lipinski definition) is 1. The maximum absolute atomic E-state index is 4.37. The molecular weight excluding hydrogens is 306 g/mol. The van der Waals surface area contributed by atoms with Gasteiger partial charge in [0, 0.05) is 12.1 Å². The molecule has 0 aromatic carbocycles. The zero-order chi connectivity index (χ0) is 14.0. The number of aryl methyl sites for hydroxylation is 3. The van der Waals surface area contributed by atoms with E-state index < -0.39 is 0 Å². The van der Waals surface area contributed by atoms with E-state index in [1.807, 2.05) is 31.8 Å². The molecule has 0 aliphatic heterocycles. The summed E-state index contributed by atoms with van der Waals surface area (Å²) in [5, 5.41) is 16.0. The van der Waals surface area contributed by atoms with Crippen LogP contribution in [0.25, 0.3) is 0 Å². The van der Waals surface area contributed by atoms with Gasteiger partial charge in [0.05, 0.1) is 33.8 Å². The van der Waals surface area contributed by atoms with E-state index in [0.29, 0.717) is 0 Å². The topological polar surface area (TPSA) is 55.6 Å². The molecule has 0 saturated carbocycles. The molecule has 0 aliphatic carbocycles. The largest absolute Gasteiger partial charge is 0.308 e. The molecule has 0 saturated heterocycles. The Balaban J connectivity index is 2.56. The van der Waals surface area contributed by atoms with Gasteiger partial charge in [-0.15, -0.1) is 0 Å². The molecular formula is C13H18BrN5. The molecule has 0 amide bonds. The van der Waals surface area contributed by atoms with Crippen molar-refractivity contribution in [1.29, 1.82) is 0 Å². The molecule has 2 aromatic heterocycles. The fraction of sp³-hybridized carbons (Fsp3) is 0.462. The standard InChI is InChI=1S/C13H18BrN5/c1-5-19-13(11(14)7-16-19)12(15-4)10-6-8(2)17-18-9(10)3/h6-7,12,15H,5H2,1-4H3. The monoisotopic (exact) mass is 323 g/mol. The van der Waals surface area contributed by atoms with Crippen LogP contribution < -0.4 is 5.32 Å². The van der Waals surface area contributed by atoms with Crippen molar-refractivity contribution in [3.8, 4) is 0 Å². The Labute approximate surface area is 121 Å². The summed E-state index contributed by atoms with van der Waals surface area (Å²) < 4.78 is 2.99. The van der Waals surface area contributed by atoms with Crippen LogP contribution in [0.5, 0.6) is 0 Å². The third kappa shape index (κ3) is 2.69. The van der Waals surface area contributed by atoms with E-state index in [9.17, 15) is 0 Å². The molecule has 0 fully saturated rings. The molecule has 0 radical (unpaired) electrons. The van der Waals surface area contributed by atoms with Crippen LogP contribution in [0.2, 0.25) is 0 Å². The van der Waals surface area contributed by atoms with Crippen LogP contribution in [0.3, 0.4) is 0 Å². The average molecular weight is 324 g/mol. The van der Waals surface area contributed by atoms with Crippen molar-refractivity contribution in [2.75, 3.05) is 7.05 Å². The summed E-state index contributed by atoms with van der Waals surface area (Å²) in [4.78, 5) is 0. The third-order valence-electron chi connectivity index (χ3n) is 3.15. The SMILES string of the molecule is CCn1ncc(Br)c1C(NC)c1cc(C)nnc1C. The van der Waals surface area contributed by atoms with Gasteiger partial charge >= 0.3 is 0 Å². The quantitative estimate of drug-likeness (QED) is 0.938. The lowest BCUT2D eigenvalue weighted by atomic mass is 10.0. The van der Waals surface area contributed by atoms with E-state index in [1.165, 1.54) is 0 Å². The Hall–Kier alpha value is -1.27. The number of nitrogens with one attached hydrogen (secondary N) is 1. The molecule has 0 spiro atoms. The number of rotatable bonds is 4. The Morgan fingerprint density at radius 2 is 2.11 bits per heavy atom. The van der Waals surface area contributed by atoms with Crippen LogP contribution in [0.4, 0.5) is 0 Å². The normalized spacial score (nSPS) is 12.7. The predicted molar refractivity (Wildman–Crippen MR) is 78.0 cm³/mol. The Morgan fingerprint density at radius 3 is 2.74 bits per heavy atom. The Bertz CT molecular complexity index is 578. The maximum Gasteiger partial charge on any atom is 0.0776 e. The first kappa shape index (κ1) is 14.1. The zero-order valence-electron chi connectivity index (χ0n) is 11.6. The minimum Gasteiger partial charge on any atom is -0.308 e. The van der Waals surface area contributed by atoms with Gasteiger partial charge in [-0.3, -0.25) is 4.68 Å². The second kappa shape index (κ2) is 5.79. The third-order valence-corrected chi connectivity index (χ3v) is 3.76. The Kier molecular flexibility index (Phi) is 4.31. The van der Waals surface area contributed by atoms with Crippen LogP contribution >= 0.6 is 15.9 Å². The molecule has 0 aliphatic rings. The van der Waals surface area contributed by atoms with E-state index in [2.05, 4.69) is 49.5 Å². The average Bonchev–Trinajstić information content (AvgIpc) is 2.76. The van der Waals surface area contributed by atoms with Gasteiger partial charge in [0.15, 0.2) is 0 Å². The molecule has 2 aromatic rings. The fourth-order valence-corrected chi connectivity index (χ4v) is 2.74. The number of hydrogen-bond acceptors (Lipinski definition) is 4. The highest BCUT2D eigenvalue weighted by Gasteiger charge is 2.22. The summed E-state index contributed by atoms with van der Waals surface area (Å²) in [5.41, 5.74) is 4.09. The van der Waals surface area contributed by atoms with Gasteiger partial charge in [-0.05, 0) is 49.8 Å². The van der Waals surface area contributed by atoms with Crippen molar-refractivity contribution in [3.05, 3.63) is 39.4 Å². The lowest BCUT2D eigenvalue weighted by molar-refractivity contribution is 0.557. The van der Waals surface area contributed by atoms with Crippen molar-refractivity contribution in [1.82, 2.24) is 25.3 Å². The van der Waals surface area contributed by atoms with Crippen LogP contribution in [-0.4, -0.2) is 27.0 Å². The molecule has 5 nitrogen and oxygen atoms in total. The first-order valence-electron chi connectivity index (χ1n) is 6.27. The minimum absolute atomic E-state index is 0.0472. The summed E-state index contributed by atoms with van der Waals surface area (Å²) in [6.07, 6.45) is 1.83. The number of halogens is 1. The highest BCUT2D eigenvalue weighted by atomic mass is 79.9. The minimum atomic E-state index is 0.0472. The van der Waals surface area contributed by atoms with E-state index in [-0.39, 0.29) is 6.04 Å². The van der Waals surface area contributed by atoms with Crippen molar-refractivity contribution in [3.63, 3.8) is 0 Å². The smallest absolute Gasteiger partial charge is 0.0776 e. The lowest BCUT2D eigenvalue weighted by Gasteiger charge is -2.20. The predicted octanol–water partition coefficient (Wildman–Crippen LogP) is 2.38.